The maximum Gasteiger partial charge on any atom is 0.303 e. The van der Waals surface area contributed by atoms with Crippen molar-refractivity contribution in [1.82, 2.24) is 9.55 Å². The third kappa shape index (κ3) is 6.79. The smallest absolute Gasteiger partial charge is 0.303 e. The van der Waals surface area contributed by atoms with Crippen LogP contribution < -0.4 is 0 Å². The summed E-state index contributed by atoms with van der Waals surface area (Å²) in [5.74, 6) is 2.02. The number of fused-ring (bicyclic) bond motifs is 1. The number of hydrogen-bond acceptors (Lipinski definition) is 3. The molecule has 3 rings (SSSR count). The molecule has 2 aromatic heterocycles. The first kappa shape index (κ1) is 26.2. The van der Waals surface area contributed by atoms with Crippen LogP contribution in [0.4, 0.5) is 8.78 Å². The predicted octanol–water partition coefficient (Wildman–Crippen LogP) is 6.45. The molecule has 0 amide bonds. The summed E-state index contributed by atoms with van der Waals surface area (Å²) in [6.45, 7) is 1.77. The molecule has 1 saturated carbocycles. The lowest BCUT2D eigenvalue weighted by Crippen LogP contribution is -2.34. The van der Waals surface area contributed by atoms with Gasteiger partial charge in [0.25, 0.3) is 5.92 Å². The molecule has 34 heavy (non-hydrogen) atoms. The Morgan fingerprint density at radius 1 is 1.26 bits per heavy atom. The highest BCUT2D eigenvalue weighted by Crippen LogP contribution is 2.41. The largest absolute Gasteiger partial charge is 0.481 e. The molecule has 1 atom stereocenters. The average molecular weight is 493 g/mol. The summed E-state index contributed by atoms with van der Waals surface area (Å²) in [6, 6.07) is 1.75. The summed E-state index contributed by atoms with van der Waals surface area (Å²) in [5, 5.41) is 10.2. The van der Waals surface area contributed by atoms with Crippen LogP contribution in [0.25, 0.3) is 11.0 Å². The molecule has 184 valence electrons. The number of carboxylic acid groups (broad SMARTS) is 1. The van der Waals surface area contributed by atoms with Crippen LogP contribution >= 0.6 is 11.6 Å². The summed E-state index contributed by atoms with van der Waals surface area (Å²) in [4.78, 5) is 28.6. The number of hydrogen-bond donors (Lipinski definition) is 1. The summed E-state index contributed by atoms with van der Waals surface area (Å²) >= 11 is 6.16. The van der Waals surface area contributed by atoms with E-state index in [1.807, 2.05) is 11.6 Å². The highest BCUT2D eigenvalue weighted by atomic mass is 35.5. The van der Waals surface area contributed by atoms with Crippen molar-refractivity contribution in [1.29, 1.82) is 0 Å². The molecule has 0 saturated heterocycles. The van der Waals surface area contributed by atoms with Crippen molar-refractivity contribution in [3.05, 3.63) is 28.5 Å². The Labute approximate surface area is 203 Å². The Hall–Kier alpha value is -2.46. The molecule has 0 bridgehead atoms. The second kappa shape index (κ2) is 11.3. The van der Waals surface area contributed by atoms with Crippen molar-refractivity contribution in [3.8, 4) is 11.8 Å². The SMILES string of the molecule is C[C@H](CC(=O)O)CC(=O)c1c(CCCCCCC#CC2CC(F)(F)C2)n(C)c2ncc(Cl)cc12. The molecule has 1 fully saturated rings. The number of Topliss-reactive ketones (excluding diaryl/α,β-unsaturated/α-hetero) is 1. The van der Waals surface area contributed by atoms with Crippen molar-refractivity contribution in [2.75, 3.05) is 0 Å². The average Bonchev–Trinajstić information content (AvgIpc) is 2.98. The number of aromatic nitrogens is 2. The van der Waals surface area contributed by atoms with Crippen molar-refractivity contribution < 1.29 is 23.5 Å². The van der Waals surface area contributed by atoms with E-state index in [9.17, 15) is 18.4 Å². The molecule has 8 heteroatoms. The molecule has 0 aliphatic heterocycles. The van der Waals surface area contributed by atoms with E-state index >= 15 is 0 Å². The highest BCUT2D eigenvalue weighted by molar-refractivity contribution is 6.31. The third-order valence-corrected chi connectivity index (χ3v) is 6.52. The molecule has 0 radical (unpaired) electrons. The predicted molar refractivity (Wildman–Crippen MR) is 128 cm³/mol. The van der Waals surface area contributed by atoms with Crippen LogP contribution in [0.15, 0.2) is 12.3 Å². The Kier molecular flexibility index (Phi) is 8.70. The van der Waals surface area contributed by atoms with Gasteiger partial charge in [-0.2, -0.15) is 0 Å². The second-order valence-corrected chi connectivity index (χ2v) is 9.87. The standard InChI is InChI=1S/C26H31ClF2N2O3/c1-17(12-23(33)34)11-22(32)24-20-13-19(27)16-30-25(20)31(2)21(24)10-8-6-4-3-5-7-9-18-14-26(28,29)15-18/h13,16-18H,3-6,8,10-12,14-15H2,1-2H3,(H,33,34)/t17-/m0/s1. The summed E-state index contributed by atoms with van der Waals surface area (Å²) in [5.41, 5.74) is 2.17. The highest BCUT2D eigenvalue weighted by Gasteiger charge is 2.44. The molecule has 1 aliphatic carbocycles. The number of carboxylic acids is 1. The molecule has 2 heterocycles. The van der Waals surface area contributed by atoms with Gasteiger partial charge >= 0.3 is 5.97 Å². The monoisotopic (exact) mass is 492 g/mol. The zero-order chi connectivity index (χ0) is 24.9. The van der Waals surface area contributed by atoms with Gasteiger partial charge in [0.2, 0.25) is 0 Å². The van der Waals surface area contributed by atoms with Crippen molar-refractivity contribution >= 4 is 34.4 Å². The molecule has 0 unspecified atom stereocenters. The molecule has 0 aromatic carbocycles. The van der Waals surface area contributed by atoms with Gasteiger partial charge in [0.1, 0.15) is 5.65 Å². The lowest BCUT2D eigenvalue weighted by molar-refractivity contribution is -0.137. The van der Waals surface area contributed by atoms with E-state index in [1.165, 1.54) is 0 Å². The topological polar surface area (TPSA) is 72.2 Å². The van der Waals surface area contributed by atoms with Gasteiger partial charge in [-0.25, -0.2) is 13.8 Å². The zero-order valence-corrected chi connectivity index (χ0v) is 20.4. The summed E-state index contributed by atoms with van der Waals surface area (Å²) in [6.07, 6.45) is 6.57. The molecule has 0 spiro atoms. The minimum absolute atomic E-state index is 0.0586. The van der Waals surface area contributed by atoms with Gasteiger partial charge in [0, 0.05) is 67.9 Å². The number of aliphatic carboxylic acids is 1. The van der Waals surface area contributed by atoms with Crippen molar-refractivity contribution in [2.45, 2.75) is 77.1 Å². The van der Waals surface area contributed by atoms with Crippen LogP contribution in [0.2, 0.25) is 5.02 Å². The molecule has 1 aliphatic rings. The zero-order valence-electron chi connectivity index (χ0n) is 19.7. The van der Waals surface area contributed by atoms with Crippen LogP contribution in [0.5, 0.6) is 0 Å². The molecule has 2 aromatic rings. The first-order chi connectivity index (χ1) is 16.1. The molecular weight excluding hydrogens is 462 g/mol. The second-order valence-electron chi connectivity index (χ2n) is 9.43. The number of carbonyl (C=O) groups is 2. The van der Waals surface area contributed by atoms with Crippen LogP contribution in [0.3, 0.4) is 0 Å². The van der Waals surface area contributed by atoms with Crippen LogP contribution in [-0.2, 0) is 18.3 Å². The van der Waals surface area contributed by atoms with Crippen molar-refractivity contribution in [2.24, 2.45) is 18.9 Å². The van der Waals surface area contributed by atoms with Crippen LogP contribution in [0.1, 0.15) is 80.8 Å². The third-order valence-electron chi connectivity index (χ3n) is 6.31. The lowest BCUT2D eigenvalue weighted by Gasteiger charge is -2.31. The van der Waals surface area contributed by atoms with Crippen LogP contribution in [0, 0.1) is 23.7 Å². The van der Waals surface area contributed by atoms with Gasteiger partial charge in [0.15, 0.2) is 5.78 Å². The Morgan fingerprint density at radius 2 is 1.97 bits per heavy atom. The van der Waals surface area contributed by atoms with Gasteiger partial charge in [-0.1, -0.05) is 37.3 Å². The van der Waals surface area contributed by atoms with Gasteiger partial charge in [-0.05, 0) is 31.2 Å². The van der Waals surface area contributed by atoms with Gasteiger partial charge in [0.05, 0.1) is 5.02 Å². The van der Waals surface area contributed by atoms with E-state index in [0.29, 0.717) is 34.5 Å². The Morgan fingerprint density at radius 3 is 2.65 bits per heavy atom. The minimum Gasteiger partial charge on any atom is -0.481 e. The fraction of sp³-hybridized carbons (Fsp3) is 0.577. The molecule has 5 nitrogen and oxygen atoms in total. The number of unbranched alkanes of at least 4 members (excludes halogenated alkanes) is 4. The number of aryl methyl sites for hydroxylation is 1. The summed E-state index contributed by atoms with van der Waals surface area (Å²) in [7, 11) is 1.88. The van der Waals surface area contributed by atoms with Gasteiger partial charge in [-0.3, -0.25) is 9.59 Å². The lowest BCUT2D eigenvalue weighted by atomic mass is 9.82. The normalized spacial score (nSPS) is 16.0. The summed E-state index contributed by atoms with van der Waals surface area (Å²) < 4.78 is 27.6. The molecular formula is C26H31ClF2N2O3. The van der Waals surface area contributed by atoms with E-state index in [2.05, 4.69) is 16.8 Å². The quantitative estimate of drug-likeness (QED) is 0.222. The van der Waals surface area contributed by atoms with Crippen LogP contribution in [-0.4, -0.2) is 32.3 Å². The number of halogens is 3. The van der Waals surface area contributed by atoms with E-state index in [-0.39, 0.29) is 43.3 Å². The number of nitrogens with zero attached hydrogens (tertiary/aromatic N) is 2. The van der Waals surface area contributed by atoms with Gasteiger partial charge in [-0.15, -0.1) is 5.92 Å². The fourth-order valence-electron chi connectivity index (χ4n) is 4.57. The number of carbonyl (C=O) groups excluding carboxylic acids is 1. The van der Waals surface area contributed by atoms with Gasteiger partial charge < -0.3 is 9.67 Å². The van der Waals surface area contributed by atoms with Crippen molar-refractivity contribution in [3.63, 3.8) is 0 Å². The Bertz CT molecular complexity index is 1110. The minimum atomic E-state index is -2.52. The Balaban J connectivity index is 1.59. The number of alkyl halides is 2. The van der Waals surface area contributed by atoms with E-state index < -0.39 is 11.9 Å². The van der Waals surface area contributed by atoms with E-state index in [0.717, 1.165) is 31.4 Å². The number of rotatable bonds is 11. The maximum atomic E-state index is 13.2. The number of pyridine rings is 1. The maximum absolute atomic E-state index is 13.2. The number of ketones is 1. The first-order valence-corrected chi connectivity index (χ1v) is 12.2. The van der Waals surface area contributed by atoms with E-state index in [4.69, 9.17) is 16.7 Å². The van der Waals surface area contributed by atoms with E-state index in [1.54, 1.807) is 19.2 Å². The molecule has 1 N–H and O–H groups in total. The fourth-order valence-corrected chi connectivity index (χ4v) is 4.72. The first-order valence-electron chi connectivity index (χ1n) is 11.8.